The van der Waals surface area contributed by atoms with Crippen molar-refractivity contribution in [1.82, 2.24) is 5.32 Å². The van der Waals surface area contributed by atoms with Gasteiger partial charge in [0.05, 0.1) is 6.07 Å². The number of amides is 1. The highest BCUT2D eigenvalue weighted by atomic mass is 16.5. The molecule has 0 unspecified atom stereocenters. The zero-order chi connectivity index (χ0) is 18.1. The van der Waals surface area contributed by atoms with E-state index >= 15 is 0 Å². The molecule has 2 rings (SSSR count). The first-order chi connectivity index (χ1) is 12.1. The van der Waals surface area contributed by atoms with E-state index < -0.39 is 0 Å². The minimum atomic E-state index is -0.282. The number of nitrogens with one attached hydrogen (secondary N) is 1. The Morgan fingerprint density at radius 3 is 2.68 bits per heavy atom. The van der Waals surface area contributed by atoms with Gasteiger partial charge in [0, 0.05) is 6.54 Å². The lowest BCUT2D eigenvalue weighted by Crippen LogP contribution is -2.21. The lowest BCUT2D eigenvalue weighted by Gasteiger charge is -2.12. The summed E-state index contributed by atoms with van der Waals surface area (Å²) in [5.41, 5.74) is 3.25. The summed E-state index contributed by atoms with van der Waals surface area (Å²) in [4.78, 5) is 11.3. The lowest BCUT2D eigenvalue weighted by molar-refractivity contribution is -0.120. The molecule has 2 aromatic rings. The number of hydrogen-bond donors (Lipinski definition) is 1. The number of carbonyl (C=O) groups is 1. The molecule has 1 N–H and O–H groups in total. The van der Waals surface area contributed by atoms with E-state index in [1.165, 1.54) is 5.56 Å². The third-order valence-electron chi connectivity index (χ3n) is 3.79. The Labute approximate surface area is 148 Å². The van der Waals surface area contributed by atoms with Crippen LogP contribution in [0.5, 0.6) is 11.5 Å². The predicted molar refractivity (Wildman–Crippen MR) is 95.4 cm³/mol. The number of carbonyl (C=O) groups excluding carboxylic acids is 1. The van der Waals surface area contributed by atoms with Gasteiger partial charge in [-0.15, -0.1) is 0 Å². The molecule has 0 fully saturated rings. The fraction of sp³-hybridized carbons (Fsp3) is 0.300. The minimum Gasteiger partial charge on any atom is -0.490 e. The summed E-state index contributed by atoms with van der Waals surface area (Å²) in [6.07, 6.45) is -0.133. The number of aryl methyl sites for hydroxylation is 1. The van der Waals surface area contributed by atoms with E-state index in [0.29, 0.717) is 19.8 Å². The van der Waals surface area contributed by atoms with Gasteiger partial charge < -0.3 is 14.8 Å². The molecule has 0 aliphatic rings. The Morgan fingerprint density at radius 1 is 1.12 bits per heavy atom. The zero-order valence-electron chi connectivity index (χ0n) is 14.5. The molecule has 0 aliphatic carbocycles. The molecule has 0 saturated carbocycles. The van der Waals surface area contributed by atoms with Crippen molar-refractivity contribution in [3.8, 4) is 17.6 Å². The molecule has 1 amide bonds. The Balaban J connectivity index is 1.79. The summed E-state index contributed by atoms with van der Waals surface area (Å²) in [5.74, 6) is 1.31. The van der Waals surface area contributed by atoms with E-state index in [1.807, 2.05) is 49.4 Å². The van der Waals surface area contributed by atoms with Crippen LogP contribution in [0.3, 0.4) is 0 Å². The molecule has 0 atom stereocenters. The van der Waals surface area contributed by atoms with Gasteiger partial charge in [-0.1, -0.05) is 24.3 Å². The van der Waals surface area contributed by atoms with Gasteiger partial charge in [0.15, 0.2) is 0 Å². The fourth-order valence-electron chi connectivity index (χ4n) is 2.27. The van der Waals surface area contributed by atoms with Gasteiger partial charge >= 0.3 is 0 Å². The first kappa shape index (κ1) is 18.3. The second-order valence-corrected chi connectivity index (χ2v) is 5.65. The number of nitriles is 1. The van der Waals surface area contributed by atoms with E-state index in [0.717, 1.165) is 22.6 Å². The van der Waals surface area contributed by atoms with Crippen molar-refractivity contribution in [1.29, 1.82) is 5.26 Å². The normalized spacial score (nSPS) is 9.96. The van der Waals surface area contributed by atoms with Crippen molar-refractivity contribution in [2.45, 2.75) is 26.8 Å². The van der Waals surface area contributed by atoms with Crippen LogP contribution in [0.1, 0.15) is 23.1 Å². The van der Waals surface area contributed by atoms with Crippen molar-refractivity contribution < 1.29 is 14.3 Å². The Kier molecular flexibility index (Phi) is 6.85. The van der Waals surface area contributed by atoms with Crippen molar-refractivity contribution in [3.63, 3.8) is 0 Å². The van der Waals surface area contributed by atoms with Gasteiger partial charge in [0.1, 0.15) is 31.1 Å². The van der Waals surface area contributed by atoms with Crippen LogP contribution in [0.15, 0.2) is 42.5 Å². The highest BCUT2D eigenvalue weighted by Crippen LogP contribution is 2.20. The largest absolute Gasteiger partial charge is 0.490 e. The highest BCUT2D eigenvalue weighted by Gasteiger charge is 2.03. The zero-order valence-corrected chi connectivity index (χ0v) is 14.5. The van der Waals surface area contributed by atoms with Crippen molar-refractivity contribution in [2.75, 3.05) is 13.2 Å². The second-order valence-electron chi connectivity index (χ2n) is 5.65. The predicted octanol–water partition coefficient (Wildman–Crippen LogP) is 3.29. The van der Waals surface area contributed by atoms with Gasteiger partial charge in [-0.2, -0.15) is 5.26 Å². The van der Waals surface area contributed by atoms with E-state index in [4.69, 9.17) is 14.7 Å². The third-order valence-corrected chi connectivity index (χ3v) is 3.79. The van der Waals surface area contributed by atoms with Crippen LogP contribution in [-0.4, -0.2) is 19.1 Å². The quantitative estimate of drug-likeness (QED) is 0.750. The maximum absolute atomic E-state index is 11.3. The molecule has 25 heavy (non-hydrogen) atoms. The van der Waals surface area contributed by atoms with E-state index in [1.54, 1.807) is 0 Å². The Bertz CT molecular complexity index is 766. The molecule has 0 aliphatic heterocycles. The molecular formula is C20H22N2O3. The summed E-state index contributed by atoms with van der Waals surface area (Å²) in [7, 11) is 0. The van der Waals surface area contributed by atoms with Crippen LogP contribution in [0, 0.1) is 25.2 Å². The molecule has 0 bridgehead atoms. The first-order valence-electron chi connectivity index (χ1n) is 8.14. The van der Waals surface area contributed by atoms with Gasteiger partial charge in [0.2, 0.25) is 5.91 Å². The topological polar surface area (TPSA) is 71.3 Å². The number of nitrogens with zero attached hydrogens (tertiary/aromatic N) is 1. The first-order valence-corrected chi connectivity index (χ1v) is 8.14. The Hall–Kier alpha value is -3.00. The molecule has 130 valence electrons. The van der Waals surface area contributed by atoms with Gasteiger partial charge in [0.25, 0.3) is 0 Å². The van der Waals surface area contributed by atoms with Crippen LogP contribution in [0.2, 0.25) is 0 Å². The van der Waals surface area contributed by atoms with Crippen molar-refractivity contribution >= 4 is 5.91 Å². The number of benzene rings is 2. The molecule has 5 heteroatoms. The van der Waals surface area contributed by atoms with Gasteiger partial charge in [-0.3, -0.25) is 4.79 Å². The van der Waals surface area contributed by atoms with Crippen molar-refractivity contribution in [3.05, 3.63) is 59.2 Å². The number of hydrogen-bond acceptors (Lipinski definition) is 4. The summed E-state index contributed by atoms with van der Waals surface area (Å²) in [6, 6.07) is 15.3. The SMILES string of the molecule is Cc1cccc(OCCOc2cccc(CNC(=O)CC#N)c2)c1C. The van der Waals surface area contributed by atoms with Crippen LogP contribution >= 0.6 is 0 Å². The van der Waals surface area contributed by atoms with Crippen LogP contribution in [0.4, 0.5) is 0 Å². The molecule has 0 aromatic heterocycles. The van der Waals surface area contributed by atoms with Crippen LogP contribution in [0.25, 0.3) is 0 Å². The monoisotopic (exact) mass is 338 g/mol. The maximum Gasteiger partial charge on any atom is 0.234 e. The van der Waals surface area contributed by atoms with Crippen molar-refractivity contribution in [2.24, 2.45) is 0 Å². The summed E-state index contributed by atoms with van der Waals surface area (Å²) in [6.45, 7) is 5.34. The van der Waals surface area contributed by atoms with E-state index in [9.17, 15) is 4.79 Å². The number of rotatable bonds is 8. The Morgan fingerprint density at radius 2 is 1.88 bits per heavy atom. The summed E-state index contributed by atoms with van der Waals surface area (Å²) < 4.78 is 11.5. The average Bonchev–Trinajstić information content (AvgIpc) is 2.61. The number of ether oxygens (including phenoxy) is 2. The molecule has 0 heterocycles. The summed E-state index contributed by atoms with van der Waals surface area (Å²) in [5, 5.41) is 11.2. The van der Waals surface area contributed by atoms with Gasteiger partial charge in [-0.25, -0.2) is 0 Å². The molecule has 5 nitrogen and oxygen atoms in total. The van der Waals surface area contributed by atoms with Crippen LogP contribution < -0.4 is 14.8 Å². The van der Waals surface area contributed by atoms with Crippen LogP contribution in [-0.2, 0) is 11.3 Å². The van der Waals surface area contributed by atoms with Gasteiger partial charge in [-0.05, 0) is 48.7 Å². The van der Waals surface area contributed by atoms with E-state index in [-0.39, 0.29) is 12.3 Å². The standard InChI is InChI=1S/C20H22N2O3/c1-15-5-3-8-19(16(15)2)25-12-11-24-18-7-4-6-17(13-18)14-22-20(23)9-10-21/h3-8,13H,9,11-12,14H2,1-2H3,(H,22,23). The fourth-order valence-corrected chi connectivity index (χ4v) is 2.27. The highest BCUT2D eigenvalue weighted by molar-refractivity contribution is 5.77. The molecule has 0 spiro atoms. The molecular weight excluding hydrogens is 316 g/mol. The van der Waals surface area contributed by atoms with E-state index in [2.05, 4.69) is 18.3 Å². The smallest absolute Gasteiger partial charge is 0.234 e. The average molecular weight is 338 g/mol. The third kappa shape index (κ3) is 5.85. The lowest BCUT2D eigenvalue weighted by atomic mass is 10.1. The second kappa shape index (κ2) is 9.33. The molecule has 2 aromatic carbocycles. The maximum atomic E-state index is 11.3. The minimum absolute atomic E-state index is 0.133. The summed E-state index contributed by atoms with van der Waals surface area (Å²) >= 11 is 0. The molecule has 0 radical (unpaired) electrons. The molecule has 0 saturated heterocycles.